The molecule has 756 valence electrons. The fourth-order valence-corrected chi connectivity index (χ4v) is 16.0. The quantitative estimate of drug-likeness (QED) is 0.0757. The van der Waals surface area contributed by atoms with Crippen LogP contribution in [-0.4, -0.2) is 54.8 Å². The van der Waals surface area contributed by atoms with Crippen LogP contribution in [0.1, 0.15) is 433 Å². The second-order valence-corrected chi connectivity index (χ2v) is 40.9. The summed E-state index contributed by atoms with van der Waals surface area (Å²) >= 11 is 9.34. The molecule has 0 aliphatic rings. The molecule has 0 spiro atoms. The number of benzene rings is 2. The van der Waals surface area contributed by atoms with E-state index in [2.05, 4.69) is 418 Å². The minimum Gasteiger partial charge on any atom is -0.267 e. The van der Waals surface area contributed by atoms with Crippen LogP contribution in [0.25, 0.3) is 4.85 Å². The number of pyridine rings is 11. The van der Waals surface area contributed by atoms with Crippen LogP contribution in [0.15, 0.2) is 219 Å². The minimum atomic E-state index is 0. The molecule has 0 amide bonds. The van der Waals surface area contributed by atoms with Crippen LogP contribution in [0.2, 0.25) is 5.02 Å². The summed E-state index contributed by atoms with van der Waals surface area (Å²) in [4.78, 5) is 48.5. The van der Waals surface area contributed by atoms with E-state index in [9.17, 15) is 0 Å². The van der Waals surface area contributed by atoms with Gasteiger partial charge in [0.25, 0.3) is 0 Å². The molecule has 14 heteroatoms. The maximum absolute atomic E-state index is 6.88. The molecular formula is C126H178BrClN12. The van der Waals surface area contributed by atoms with Gasteiger partial charge >= 0.3 is 0 Å². The van der Waals surface area contributed by atoms with Gasteiger partial charge in [-0.2, -0.15) is 0 Å². The molecule has 12 nitrogen and oxygen atoms in total. The van der Waals surface area contributed by atoms with E-state index in [0.29, 0.717) is 76.9 Å². The molecule has 0 atom stereocenters. The highest BCUT2D eigenvalue weighted by atomic mass is 79.9. The van der Waals surface area contributed by atoms with Gasteiger partial charge in [0.2, 0.25) is 0 Å². The van der Waals surface area contributed by atoms with E-state index >= 15 is 0 Å². The third kappa shape index (κ3) is 47.5. The first kappa shape index (κ1) is 129. The average Bonchev–Trinajstić information content (AvgIpc) is 0.868. The first-order valence-corrected chi connectivity index (χ1v) is 51.0. The second kappa shape index (κ2) is 68.9. The van der Waals surface area contributed by atoms with Crippen molar-refractivity contribution in [2.75, 3.05) is 0 Å². The molecule has 140 heavy (non-hydrogen) atoms. The normalized spacial score (nSPS) is 10.3. The smallest absolute Gasteiger partial charge is 0.193 e. The lowest BCUT2D eigenvalue weighted by Gasteiger charge is -2.11. The molecule has 0 N–H and O–H groups in total. The van der Waals surface area contributed by atoms with Gasteiger partial charge < -0.3 is 0 Å². The van der Waals surface area contributed by atoms with E-state index in [-0.39, 0.29) is 7.43 Å². The van der Waals surface area contributed by atoms with Gasteiger partial charge in [-0.1, -0.05) is 264 Å². The van der Waals surface area contributed by atoms with E-state index in [4.69, 9.17) is 24.6 Å². The molecule has 2 aromatic carbocycles. The lowest BCUT2D eigenvalue weighted by molar-refractivity contribution is 0.838. The largest absolute Gasteiger partial charge is 0.267 e. The van der Waals surface area contributed by atoms with Crippen molar-refractivity contribution in [3.05, 3.63) is 397 Å². The monoisotopic (exact) mass is 1970 g/mol. The van der Waals surface area contributed by atoms with Crippen molar-refractivity contribution in [2.45, 2.75) is 375 Å². The van der Waals surface area contributed by atoms with Crippen molar-refractivity contribution in [3.8, 4) is 12.3 Å². The molecule has 0 unspecified atom stereocenters. The SMILES string of the molecule is C.C#Cc1ccncc1C(C)C.CC(C)c1cnccc1Br.CC(C)c1cnccc1Cl.CCc1cncc(C(C)C)c1C.Cc1cc(C)c(C(C)C)cn1.Cc1cc(C)c(C(C)C)cn1.Cc1cccc(C(C)C)c1C.Cc1cccc(C(C)C)c1C.Cc1ccncc1C(C)C.Cc1ccncc1C(C)C.Cc1ccncc1C(C)C.Cc1cncc(C(C)C)c1C.[C-]#[N+]c1ccncc1C(C)C. The molecule has 0 aliphatic carbocycles. The molecule has 0 radical (unpaired) electrons. The van der Waals surface area contributed by atoms with Crippen LogP contribution >= 0.6 is 27.5 Å². The van der Waals surface area contributed by atoms with Crippen molar-refractivity contribution >= 4 is 33.2 Å². The molecule has 13 rings (SSSR count). The summed E-state index contributed by atoms with van der Waals surface area (Å²) in [5.41, 5.74) is 38.8. The van der Waals surface area contributed by atoms with Crippen molar-refractivity contribution in [1.29, 1.82) is 0 Å². The van der Waals surface area contributed by atoms with Crippen molar-refractivity contribution in [3.63, 3.8) is 0 Å². The fraction of sp³-hybridized carbons (Fsp3) is 0.444. The fourth-order valence-electron chi connectivity index (χ4n) is 15.0. The Balaban J connectivity index is 0.00000149. The van der Waals surface area contributed by atoms with Gasteiger partial charge in [0.05, 0.1) is 6.57 Å². The van der Waals surface area contributed by atoms with Gasteiger partial charge in [-0.15, -0.1) is 6.42 Å². The molecule has 0 fully saturated rings. The number of rotatable bonds is 14. The Labute approximate surface area is 866 Å². The van der Waals surface area contributed by atoms with Gasteiger partial charge in [-0.25, -0.2) is 4.85 Å². The molecule has 0 bridgehead atoms. The van der Waals surface area contributed by atoms with Crippen molar-refractivity contribution < 1.29 is 0 Å². The number of hydrogen-bond donors (Lipinski definition) is 0. The van der Waals surface area contributed by atoms with Gasteiger partial charge in [-0.3, -0.25) is 54.8 Å². The summed E-state index contributed by atoms with van der Waals surface area (Å²) in [7, 11) is 0. The highest BCUT2D eigenvalue weighted by Gasteiger charge is 2.13. The van der Waals surface area contributed by atoms with Gasteiger partial charge in [0.15, 0.2) is 5.69 Å². The summed E-state index contributed by atoms with van der Waals surface area (Å²) in [6.45, 7) is 95.4. The highest BCUT2D eigenvalue weighted by molar-refractivity contribution is 9.10. The van der Waals surface area contributed by atoms with Crippen molar-refractivity contribution in [1.82, 2.24) is 54.8 Å². The van der Waals surface area contributed by atoms with Crippen molar-refractivity contribution in [2.24, 2.45) is 0 Å². The Kier molecular flexibility index (Phi) is 63.4. The van der Waals surface area contributed by atoms with Crippen LogP contribution < -0.4 is 0 Å². The molecule has 0 aliphatic heterocycles. The number of aromatic nitrogens is 11. The minimum absolute atomic E-state index is 0. The van der Waals surface area contributed by atoms with E-state index in [1.165, 1.54) is 128 Å². The molecule has 0 saturated heterocycles. The maximum atomic E-state index is 6.88. The zero-order valence-electron chi connectivity index (χ0n) is 93.1. The number of hydrogen-bond acceptors (Lipinski definition) is 11. The predicted molar refractivity (Wildman–Crippen MR) is 612 cm³/mol. The standard InChI is InChI=1S/C11H17N.2C11H16.3C10H15N.C10H11N.C9H10N2.3C9H13N.C8H10BrN.C8H10ClN.CH4/c1-5-10-6-12-7-11(8(2)3)9(10)4;2*1-8(2)11-7-5-6-9(3)10(11)4;1-7(2)10-6-11-5-8(3)9(10)4;2*1-7(2)10-6-11-9(4)5-8(10)3;1-4-9-5-6-11-7-10(9)8(2)3;1-7(2)8-6-11-5-4-9(8)10-3;3*1-7(2)9-6-10-5-4-8(9)3;2*1-6(2)7-5-10-4-3-8(7)9;/h6-8H,5H2,1-4H3;2*5-8H,1-4H3;3*5-7H,1-4H3;1,5-8H,2-3H3;4-7H,1-2H3;3*4-7H,1-3H3;2*3-6H,1-2H3;1H4. The Bertz CT molecular complexity index is 5240. The average molecular weight is 1980 g/mol. The number of halogens is 2. The first-order chi connectivity index (χ1) is 65.3. The maximum Gasteiger partial charge on any atom is 0.193 e. The lowest BCUT2D eigenvalue weighted by Crippen LogP contribution is -1.97. The van der Waals surface area contributed by atoms with Crippen LogP contribution in [0.5, 0.6) is 0 Å². The zero-order chi connectivity index (χ0) is 106. The predicted octanol–water partition coefficient (Wildman–Crippen LogP) is 37.3. The Morgan fingerprint density at radius 2 is 0.571 bits per heavy atom. The van der Waals surface area contributed by atoms with Crippen LogP contribution in [-0.2, 0) is 6.42 Å². The van der Waals surface area contributed by atoms with Gasteiger partial charge in [0.1, 0.15) is 0 Å². The second-order valence-electron chi connectivity index (χ2n) is 39.6. The topological polar surface area (TPSA) is 146 Å². The highest BCUT2D eigenvalue weighted by Crippen LogP contribution is 2.30. The van der Waals surface area contributed by atoms with E-state index in [1.54, 1.807) is 37.1 Å². The van der Waals surface area contributed by atoms with Crippen LogP contribution in [0.4, 0.5) is 5.69 Å². The Morgan fingerprint density at radius 3 is 0.843 bits per heavy atom. The Hall–Kier alpha value is -11.1. The summed E-state index contributed by atoms with van der Waals surface area (Å²) < 4.78 is 1.15. The molecule has 13 aromatic rings. The zero-order valence-corrected chi connectivity index (χ0v) is 95.5. The van der Waals surface area contributed by atoms with Crippen LogP contribution in [0, 0.1) is 116 Å². The van der Waals surface area contributed by atoms with Gasteiger partial charge in [-0.05, 0) is 380 Å². The summed E-state index contributed by atoms with van der Waals surface area (Å²) in [5.74, 6) is 9.89. The third-order valence-corrected chi connectivity index (χ3v) is 25.1. The van der Waals surface area contributed by atoms with E-state index in [1.807, 2.05) is 125 Å². The summed E-state index contributed by atoms with van der Waals surface area (Å²) in [6.07, 6.45) is 43.7. The Morgan fingerprint density at radius 1 is 0.286 bits per heavy atom. The van der Waals surface area contributed by atoms with Crippen LogP contribution in [0.3, 0.4) is 0 Å². The summed E-state index contributed by atoms with van der Waals surface area (Å²) in [6, 6.07) is 30.9. The number of aryl methyl sites for hydroxylation is 11. The van der Waals surface area contributed by atoms with E-state index in [0.717, 1.165) is 55.2 Å². The molecular weight excluding hydrogens is 1800 g/mol. The molecule has 11 aromatic heterocycles. The third-order valence-electron chi connectivity index (χ3n) is 24.0. The summed E-state index contributed by atoms with van der Waals surface area (Å²) in [5, 5.41) is 0.810. The number of nitrogens with zero attached hydrogens (tertiary/aromatic N) is 12. The van der Waals surface area contributed by atoms with E-state index < -0.39 is 0 Å². The lowest BCUT2D eigenvalue weighted by atomic mass is 9.95. The molecule has 0 saturated carbocycles. The molecule has 11 heterocycles. The van der Waals surface area contributed by atoms with Gasteiger partial charge in [0, 0.05) is 150 Å². The number of terminal acetylenes is 1. The first-order valence-electron chi connectivity index (χ1n) is 49.8.